The number of piperazine rings is 1. The van der Waals surface area contributed by atoms with Crippen LogP contribution in [0.1, 0.15) is 11.1 Å². The number of H-pyrrole nitrogens is 1. The number of aryl methyl sites for hydroxylation is 2. The van der Waals surface area contributed by atoms with Crippen LogP contribution in [0.4, 0.5) is 5.82 Å². The highest BCUT2D eigenvalue weighted by Gasteiger charge is 2.26. The predicted molar refractivity (Wildman–Crippen MR) is 106 cm³/mol. The fraction of sp³-hybridized carbons (Fsp3) is 0.368. The molecule has 0 bridgehead atoms. The Morgan fingerprint density at radius 1 is 1.04 bits per heavy atom. The molecule has 2 N–H and O–H groups in total. The van der Waals surface area contributed by atoms with Crippen molar-refractivity contribution in [2.45, 2.75) is 20.5 Å². The second-order valence-corrected chi connectivity index (χ2v) is 7.42. The van der Waals surface area contributed by atoms with E-state index in [1.165, 1.54) is 10.7 Å². The molecule has 1 aliphatic rings. The summed E-state index contributed by atoms with van der Waals surface area (Å²) >= 11 is 5.67. The third-order valence-corrected chi connectivity index (χ3v) is 5.55. The summed E-state index contributed by atoms with van der Waals surface area (Å²) in [6.45, 7) is 9.00. The summed E-state index contributed by atoms with van der Waals surface area (Å²) in [4.78, 5) is 7.16. The molecule has 1 aromatic carbocycles. The van der Waals surface area contributed by atoms with E-state index < -0.39 is 0 Å². The number of anilines is 1. The van der Waals surface area contributed by atoms with E-state index in [1.807, 2.05) is 16.9 Å². The van der Waals surface area contributed by atoms with Gasteiger partial charge in [-0.2, -0.15) is 9.36 Å². The van der Waals surface area contributed by atoms with Gasteiger partial charge < -0.3 is 4.90 Å². The maximum Gasteiger partial charge on any atom is 0.274 e. The number of aromatic nitrogens is 5. The molecule has 1 saturated heterocycles. The molecule has 0 radical (unpaired) electrons. The Morgan fingerprint density at radius 3 is 2.44 bits per heavy atom. The lowest BCUT2D eigenvalue weighted by Gasteiger charge is -2.27. The Bertz CT molecular complexity index is 951. The predicted octanol–water partition coefficient (Wildman–Crippen LogP) is 0.592. The zero-order chi connectivity index (χ0) is 18.8. The van der Waals surface area contributed by atoms with Crippen LogP contribution in [0.3, 0.4) is 0 Å². The Morgan fingerprint density at radius 2 is 1.78 bits per heavy atom. The van der Waals surface area contributed by atoms with Gasteiger partial charge in [0.2, 0.25) is 4.77 Å². The molecule has 8 heteroatoms. The number of nitrogens with zero attached hydrogens (tertiary/aromatic N) is 5. The van der Waals surface area contributed by atoms with Crippen molar-refractivity contribution >= 4 is 18.0 Å². The molecule has 0 spiro atoms. The second kappa shape index (κ2) is 7.58. The molecule has 0 amide bonds. The van der Waals surface area contributed by atoms with Gasteiger partial charge in [-0.05, 0) is 53.7 Å². The van der Waals surface area contributed by atoms with Gasteiger partial charge in [0.05, 0.1) is 11.9 Å². The molecule has 2 aromatic heterocycles. The third kappa shape index (κ3) is 3.63. The van der Waals surface area contributed by atoms with E-state index in [4.69, 9.17) is 12.2 Å². The normalized spacial score (nSPS) is 15.3. The highest BCUT2D eigenvalue weighted by Crippen LogP contribution is 2.17. The molecule has 27 heavy (non-hydrogen) atoms. The van der Waals surface area contributed by atoms with Crippen LogP contribution in [0, 0.1) is 18.6 Å². The Hall–Kier alpha value is -2.58. The first kappa shape index (κ1) is 17.8. The van der Waals surface area contributed by atoms with E-state index in [0.29, 0.717) is 4.77 Å². The number of quaternary nitrogens is 1. The van der Waals surface area contributed by atoms with Crippen molar-refractivity contribution in [2.75, 3.05) is 31.1 Å². The molecular weight excluding hydrogens is 358 g/mol. The fourth-order valence-electron chi connectivity index (χ4n) is 3.67. The Labute approximate surface area is 163 Å². The van der Waals surface area contributed by atoms with Crippen LogP contribution in [0.5, 0.6) is 0 Å². The van der Waals surface area contributed by atoms with Gasteiger partial charge in [0, 0.05) is 6.07 Å². The monoisotopic (exact) mass is 383 g/mol. The largest absolute Gasteiger partial charge is 0.310 e. The SMILES string of the molecule is Cc1cccc(C)c1-n1nnn(C[NH+]2CCN(c3cccc[nH+]3)CC2)c1=S. The van der Waals surface area contributed by atoms with Crippen LogP contribution in [0.2, 0.25) is 0 Å². The van der Waals surface area contributed by atoms with Crippen LogP contribution < -0.4 is 14.8 Å². The minimum atomic E-state index is 0.652. The number of hydrogen-bond acceptors (Lipinski definition) is 4. The number of tetrazole rings is 1. The standard InChI is InChI=1S/C19H23N7S/c1-15-6-5-7-16(2)18(15)26-19(27)25(21-22-26)14-23-10-12-24(13-11-23)17-8-3-4-9-20-17/h3-9H,10-14H2,1-2H3/p+2. The van der Waals surface area contributed by atoms with Gasteiger partial charge in [0.1, 0.15) is 26.2 Å². The second-order valence-electron chi connectivity index (χ2n) is 7.06. The van der Waals surface area contributed by atoms with Crippen LogP contribution in [-0.2, 0) is 6.67 Å². The molecule has 0 aliphatic carbocycles. The lowest BCUT2D eigenvalue weighted by molar-refractivity contribution is -0.924. The van der Waals surface area contributed by atoms with E-state index in [2.05, 4.69) is 64.5 Å². The van der Waals surface area contributed by atoms with E-state index in [0.717, 1.165) is 49.7 Å². The summed E-state index contributed by atoms with van der Waals surface area (Å²) in [6, 6.07) is 12.4. The number of hydrogen-bond donors (Lipinski definition) is 1. The lowest BCUT2D eigenvalue weighted by Crippen LogP contribution is -3.14. The van der Waals surface area contributed by atoms with Crippen molar-refractivity contribution in [3.63, 3.8) is 0 Å². The Kier molecular flexibility index (Phi) is 5.00. The van der Waals surface area contributed by atoms with Gasteiger partial charge >= 0.3 is 0 Å². The molecule has 140 valence electrons. The maximum absolute atomic E-state index is 5.67. The molecule has 1 aliphatic heterocycles. The third-order valence-electron chi connectivity index (χ3n) is 5.17. The summed E-state index contributed by atoms with van der Waals surface area (Å²) in [6.07, 6.45) is 1.97. The van der Waals surface area contributed by atoms with Crippen LogP contribution in [0.15, 0.2) is 42.6 Å². The first-order valence-electron chi connectivity index (χ1n) is 9.28. The molecule has 3 heterocycles. The minimum Gasteiger partial charge on any atom is -0.310 e. The van der Waals surface area contributed by atoms with Gasteiger partial charge in [-0.25, -0.2) is 4.98 Å². The number of pyridine rings is 1. The van der Waals surface area contributed by atoms with E-state index in [-0.39, 0.29) is 0 Å². The number of rotatable bonds is 4. The first-order chi connectivity index (χ1) is 13.1. The minimum absolute atomic E-state index is 0.652. The zero-order valence-electron chi connectivity index (χ0n) is 15.7. The number of nitrogens with one attached hydrogen (secondary N) is 2. The zero-order valence-corrected chi connectivity index (χ0v) is 16.5. The molecule has 1 fully saturated rings. The summed E-state index contributed by atoms with van der Waals surface area (Å²) in [5, 5.41) is 8.66. The maximum atomic E-state index is 5.67. The van der Waals surface area contributed by atoms with Crippen molar-refractivity contribution in [1.29, 1.82) is 0 Å². The van der Waals surface area contributed by atoms with E-state index >= 15 is 0 Å². The van der Waals surface area contributed by atoms with Gasteiger partial charge in [-0.1, -0.05) is 24.3 Å². The molecule has 0 atom stereocenters. The van der Waals surface area contributed by atoms with E-state index in [9.17, 15) is 0 Å². The van der Waals surface area contributed by atoms with E-state index in [1.54, 1.807) is 4.68 Å². The summed E-state index contributed by atoms with van der Waals surface area (Å²) in [5.41, 5.74) is 3.34. The molecule has 3 aromatic rings. The van der Waals surface area contributed by atoms with Crippen LogP contribution in [0.25, 0.3) is 5.69 Å². The first-order valence-corrected chi connectivity index (χ1v) is 9.69. The van der Waals surface area contributed by atoms with Crippen LogP contribution in [-0.4, -0.2) is 46.0 Å². The topological polar surface area (TPSA) is 57.5 Å². The quantitative estimate of drug-likeness (QED) is 0.670. The number of aromatic amines is 1. The summed E-state index contributed by atoms with van der Waals surface area (Å²) in [5.74, 6) is 1.18. The Balaban J connectivity index is 1.46. The molecule has 0 unspecified atom stereocenters. The lowest BCUT2D eigenvalue weighted by atomic mass is 10.1. The molecular formula is C19H25N7S+2. The average molecular weight is 384 g/mol. The summed E-state index contributed by atoms with van der Waals surface area (Å²) in [7, 11) is 0. The van der Waals surface area contributed by atoms with Gasteiger partial charge in [-0.15, -0.1) is 0 Å². The highest BCUT2D eigenvalue weighted by molar-refractivity contribution is 7.71. The average Bonchev–Trinajstić information content (AvgIpc) is 3.03. The molecule has 7 nitrogen and oxygen atoms in total. The number of para-hydroxylation sites is 1. The van der Waals surface area contributed by atoms with Gasteiger partial charge in [0.25, 0.3) is 5.82 Å². The van der Waals surface area contributed by atoms with Gasteiger partial charge in [-0.3, -0.25) is 4.90 Å². The fourth-order valence-corrected chi connectivity index (χ4v) is 3.90. The van der Waals surface area contributed by atoms with Gasteiger partial charge in [0.15, 0.2) is 6.67 Å². The van der Waals surface area contributed by atoms with Crippen LogP contribution >= 0.6 is 12.2 Å². The van der Waals surface area contributed by atoms with Crippen molar-refractivity contribution in [2.24, 2.45) is 0 Å². The molecule has 0 saturated carbocycles. The molecule has 4 rings (SSSR count). The van der Waals surface area contributed by atoms with Crippen molar-refractivity contribution < 1.29 is 9.88 Å². The summed E-state index contributed by atoms with van der Waals surface area (Å²) < 4.78 is 4.29. The smallest absolute Gasteiger partial charge is 0.274 e. The van der Waals surface area contributed by atoms with Crippen molar-refractivity contribution in [3.05, 3.63) is 58.5 Å². The van der Waals surface area contributed by atoms with Crippen molar-refractivity contribution in [1.82, 2.24) is 19.8 Å². The highest BCUT2D eigenvalue weighted by atomic mass is 32.1. The van der Waals surface area contributed by atoms with Crippen molar-refractivity contribution in [3.8, 4) is 5.69 Å². The number of benzene rings is 1.